The van der Waals surface area contributed by atoms with Crippen LogP contribution in [0.4, 0.5) is 0 Å². The van der Waals surface area contributed by atoms with Gasteiger partial charge in [0.25, 0.3) is 0 Å². The molecule has 100 valence electrons. The molecule has 0 aliphatic rings. The monoisotopic (exact) mass is 246 g/mol. The molecule has 0 spiro atoms. The van der Waals surface area contributed by atoms with Crippen LogP contribution in [0.2, 0.25) is 0 Å². The third-order valence-electron chi connectivity index (χ3n) is 3.25. The molecule has 0 bridgehead atoms. The molecule has 1 aromatic heterocycles. The average Bonchev–Trinajstić information content (AvgIpc) is 2.27. The number of aromatic nitrogens is 2. The van der Waals surface area contributed by atoms with Crippen molar-refractivity contribution in [3.05, 3.63) is 34.9 Å². The predicted octanol–water partition coefficient (Wildman–Crippen LogP) is 4.41. The fraction of sp³-hybridized carbons (Fsp3) is 0.625. The third-order valence-corrected chi connectivity index (χ3v) is 3.25. The van der Waals surface area contributed by atoms with E-state index in [2.05, 4.69) is 43.7 Å². The lowest BCUT2D eigenvalue weighted by Crippen LogP contribution is -2.03. The summed E-state index contributed by atoms with van der Waals surface area (Å²) in [5.74, 6) is 0.753. The Bertz CT molecular complexity index is 404. The molecule has 2 heteroatoms. The summed E-state index contributed by atoms with van der Waals surface area (Å²) in [6, 6.07) is 0. The van der Waals surface area contributed by atoms with E-state index in [4.69, 9.17) is 0 Å². The van der Waals surface area contributed by atoms with Crippen LogP contribution in [0.15, 0.2) is 17.8 Å². The summed E-state index contributed by atoms with van der Waals surface area (Å²) in [4.78, 5) is 8.95. The first kappa shape index (κ1) is 14.9. The Kier molecular flexibility index (Phi) is 6.03. The van der Waals surface area contributed by atoms with Crippen molar-refractivity contribution >= 4 is 0 Å². The van der Waals surface area contributed by atoms with Gasteiger partial charge < -0.3 is 0 Å². The summed E-state index contributed by atoms with van der Waals surface area (Å²) < 4.78 is 0. The minimum atomic E-state index is 0.753. The lowest BCUT2D eigenvalue weighted by atomic mass is 9.97. The zero-order chi connectivity index (χ0) is 13.5. The smallest absolute Gasteiger partial charge is 0.0616 e. The van der Waals surface area contributed by atoms with Gasteiger partial charge in [0.05, 0.1) is 17.1 Å². The van der Waals surface area contributed by atoms with Gasteiger partial charge in [-0.2, -0.15) is 0 Å². The second-order valence-electron chi connectivity index (χ2n) is 5.55. The van der Waals surface area contributed by atoms with Crippen LogP contribution in [0.1, 0.15) is 57.1 Å². The van der Waals surface area contributed by atoms with E-state index in [1.165, 1.54) is 24.8 Å². The second kappa shape index (κ2) is 7.30. The van der Waals surface area contributed by atoms with Crippen molar-refractivity contribution in [2.75, 3.05) is 0 Å². The second-order valence-corrected chi connectivity index (χ2v) is 5.55. The molecule has 0 amide bonds. The Hall–Kier alpha value is -1.18. The molecule has 1 unspecified atom stereocenters. The number of hydrogen-bond donors (Lipinski definition) is 0. The van der Waals surface area contributed by atoms with Crippen LogP contribution in [0.25, 0.3) is 0 Å². The molecule has 1 heterocycles. The summed E-state index contributed by atoms with van der Waals surface area (Å²) >= 11 is 0. The maximum Gasteiger partial charge on any atom is 0.0616 e. The summed E-state index contributed by atoms with van der Waals surface area (Å²) in [7, 11) is 0. The largest absolute Gasteiger partial charge is 0.258 e. The van der Waals surface area contributed by atoms with Crippen molar-refractivity contribution in [1.82, 2.24) is 9.97 Å². The van der Waals surface area contributed by atoms with Crippen molar-refractivity contribution in [1.29, 1.82) is 0 Å². The highest BCUT2D eigenvalue weighted by Gasteiger charge is 2.06. The fourth-order valence-electron chi connectivity index (χ4n) is 2.05. The molecule has 0 aliphatic heterocycles. The molecule has 0 N–H and O–H groups in total. The molecule has 1 rings (SSSR count). The number of nitrogens with zero attached hydrogens (tertiary/aromatic N) is 2. The van der Waals surface area contributed by atoms with Gasteiger partial charge in [0.15, 0.2) is 0 Å². The Labute approximate surface area is 112 Å². The van der Waals surface area contributed by atoms with E-state index in [1.54, 1.807) is 0 Å². The Morgan fingerprint density at radius 2 is 2.00 bits per heavy atom. The Morgan fingerprint density at radius 1 is 1.28 bits per heavy atom. The summed E-state index contributed by atoms with van der Waals surface area (Å²) in [5, 5.41) is 0. The number of hydrogen-bond acceptors (Lipinski definition) is 2. The van der Waals surface area contributed by atoms with E-state index < -0.39 is 0 Å². The topological polar surface area (TPSA) is 25.8 Å². The van der Waals surface area contributed by atoms with E-state index in [0.717, 1.165) is 29.4 Å². The molecule has 0 radical (unpaired) electrons. The van der Waals surface area contributed by atoms with Crippen LogP contribution in [0.3, 0.4) is 0 Å². The van der Waals surface area contributed by atoms with Crippen molar-refractivity contribution in [3.8, 4) is 0 Å². The Morgan fingerprint density at radius 3 is 2.61 bits per heavy atom. The third kappa shape index (κ3) is 5.44. The zero-order valence-electron chi connectivity index (χ0n) is 12.5. The molecule has 0 aromatic carbocycles. The zero-order valence-corrected chi connectivity index (χ0v) is 12.5. The SMILES string of the molecule is CC(C)=CCCC(C)CCc1ncc(C)nc1C. The van der Waals surface area contributed by atoms with Gasteiger partial charge in [-0.25, -0.2) is 0 Å². The predicted molar refractivity (Wildman–Crippen MR) is 77.7 cm³/mol. The summed E-state index contributed by atoms with van der Waals surface area (Å²) in [6.45, 7) is 10.7. The van der Waals surface area contributed by atoms with Gasteiger partial charge in [-0.05, 0) is 59.3 Å². The number of allylic oxidation sites excluding steroid dienone is 2. The van der Waals surface area contributed by atoms with Crippen molar-refractivity contribution in [3.63, 3.8) is 0 Å². The van der Waals surface area contributed by atoms with Gasteiger partial charge in [-0.15, -0.1) is 0 Å². The molecule has 1 atom stereocenters. The Balaban J connectivity index is 2.38. The van der Waals surface area contributed by atoms with Crippen LogP contribution in [0, 0.1) is 19.8 Å². The van der Waals surface area contributed by atoms with Gasteiger partial charge in [0.1, 0.15) is 0 Å². The minimum Gasteiger partial charge on any atom is -0.258 e. The fourth-order valence-corrected chi connectivity index (χ4v) is 2.05. The molecule has 0 saturated heterocycles. The van der Waals surface area contributed by atoms with Gasteiger partial charge in [-0.1, -0.05) is 18.6 Å². The van der Waals surface area contributed by atoms with E-state index >= 15 is 0 Å². The van der Waals surface area contributed by atoms with E-state index in [9.17, 15) is 0 Å². The van der Waals surface area contributed by atoms with Crippen molar-refractivity contribution in [2.24, 2.45) is 5.92 Å². The van der Waals surface area contributed by atoms with Gasteiger partial charge in [-0.3, -0.25) is 9.97 Å². The maximum absolute atomic E-state index is 4.48. The van der Waals surface area contributed by atoms with E-state index in [-0.39, 0.29) is 0 Å². The first-order chi connectivity index (χ1) is 8.49. The van der Waals surface area contributed by atoms with Crippen LogP contribution in [-0.2, 0) is 6.42 Å². The van der Waals surface area contributed by atoms with Crippen molar-refractivity contribution < 1.29 is 0 Å². The maximum atomic E-state index is 4.48. The normalized spacial score (nSPS) is 12.3. The highest BCUT2D eigenvalue weighted by Crippen LogP contribution is 2.15. The number of aryl methyl sites for hydroxylation is 3. The van der Waals surface area contributed by atoms with Crippen LogP contribution in [-0.4, -0.2) is 9.97 Å². The molecule has 0 aliphatic carbocycles. The molecule has 2 nitrogen and oxygen atoms in total. The molecule has 1 aromatic rings. The highest BCUT2D eigenvalue weighted by molar-refractivity contribution is 5.11. The average molecular weight is 246 g/mol. The van der Waals surface area contributed by atoms with Crippen molar-refractivity contribution in [2.45, 2.75) is 60.3 Å². The highest BCUT2D eigenvalue weighted by atomic mass is 14.8. The molecule has 0 fully saturated rings. The van der Waals surface area contributed by atoms with Gasteiger partial charge >= 0.3 is 0 Å². The van der Waals surface area contributed by atoms with E-state index in [1.807, 2.05) is 13.1 Å². The quantitative estimate of drug-likeness (QED) is 0.695. The van der Waals surface area contributed by atoms with Crippen LogP contribution in [0.5, 0.6) is 0 Å². The summed E-state index contributed by atoms with van der Waals surface area (Å²) in [6.07, 6.45) is 8.92. The standard InChI is InChI=1S/C16H26N2/c1-12(2)7-6-8-13(3)9-10-16-15(5)18-14(4)11-17-16/h7,11,13H,6,8-10H2,1-5H3. The summed E-state index contributed by atoms with van der Waals surface area (Å²) in [5.41, 5.74) is 4.68. The van der Waals surface area contributed by atoms with Gasteiger partial charge in [0, 0.05) is 6.20 Å². The minimum absolute atomic E-state index is 0.753. The molecular formula is C16H26N2. The lowest BCUT2D eigenvalue weighted by Gasteiger charge is -2.11. The number of rotatable bonds is 6. The van der Waals surface area contributed by atoms with E-state index in [0.29, 0.717) is 0 Å². The van der Waals surface area contributed by atoms with Crippen LogP contribution >= 0.6 is 0 Å². The molecule has 18 heavy (non-hydrogen) atoms. The van der Waals surface area contributed by atoms with Crippen LogP contribution < -0.4 is 0 Å². The molecule has 0 saturated carbocycles. The first-order valence-corrected chi connectivity index (χ1v) is 6.91. The van der Waals surface area contributed by atoms with Gasteiger partial charge in [0.2, 0.25) is 0 Å². The molecular weight excluding hydrogens is 220 g/mol. The lowest BCUT2D eigenvalue weighted by molar-refractivity contribution is 0.492. The first-order valence-electron chi connectivity index (χ1n) is 6.91.